The van der Waals surface area contributed by atoms with E-state index < -0.39 is 11.9 Å². The molecule has 0 radical (unpaired) electrons. The fourth-order valence-electron chi connectivity index (χ4n) is 2.92. The first-order valence-electron chi connectivity index (χ1n) is 9.97. The highest BCUT2D eigenvalue weighted by Crippen LogP contribution is 2.17. The number of hydrogen-bond donors (Lipinski definition) is 1. The molecule has 0 bridgehead atoms. The average Bonchev–Trinajstić information content (AvgIpc) is 2.73. The van der Waals surface area contributed by atoms with Crippen LogP contribution in [0.15, 0.2) is 54.6 Å². The Balaban J connectivity index is 2.19. The normalized spacial score (nSPS) is 12.7. The first-order chi connectivity index (χ1) is 14.0. The summed E-state index contributed by atoms with van der Waals surface area (Å²) >= 11 is 0. The highest BCUT2D eigenvalue weighted by atomic mass is 19.1. The molecular weight excluding hydrogens is 371 g/mol. The molecule has 0 fully saturated rings. The summed E-state index contributed by atoms with van der Waals surface area (Å²) in [6, 6.07) is 14.8. The van der Waals surface area contributed by atoms with Gasteiger partial charge in [0.05, 0.1) is 0 Å². The van der Waals surface area contributed by atoms with Crippen LogP contribution < -0.4 is 10.1 Å². The molecule has 0 aliphatic carbocycles. The van der Waals surface area contributed by atoms with E-state index in [1.807, 2.05) is 51.1 Å². The Labute approximate surface area is 171 Å². The fraction of sp³-hybridized carbons (Fsp3) is 0.391. The van der Waals surface area contributed by atoms with Gasteiger partial charge in [0.1, 0.15) is 6.04 Å². The van der Waals surface area contributed by atoms with E-state index in [9.17, 15) is 14.0 Å². The minimum atomic E-state index is -0.638. The van der Waals surface area contributed by atoms with Crippen molar-refractivity contribution < 1.29 is 18.7 Å². The van der Waals surface area contributed by atoms with Gasteiger partial charge in [-0.25, -0.2) is 4.39 Å². The average molecular weight is 400 g/mol. The van der Waals surface area contributed by atoms with E-state index in [0.717, 1.165) is 12.0 Å². The maximum Gasteiger partial charge on any atom is 0.261 e. The summed E-state index contributed by atoms with van der Waals surface area (Å²) in [5, 5.41) is 2.95. The second-order valence-electron chi connectivity index (χ2n) is 6.97. The Morgan fingerprint density at radius 1 is 1.03 bits per heavy atom. The summed E-state index contributed by atoms with van der Waals surface area (Å²) in [7, 11) is 0. The van der Waals surface area contributed by atoms with Crippen LogP contribution >= 0.6 is 0 Å². The second kappa shape index (κ2) is 11.2. The molecule has 1 N–H and O–H groups in total. The second-order valence-corrected chi connectivity index (χ2v) is 6.97. The van der Waals surface area contributed by atoms with Crippen LogP contribution in [0.3, 0.4) is 0 Å². The molecule has 29 heavy (non-hydrogen) atoms. The van der Waals surface area contributed by atoms with Gasteiger partial charge in [-0.1, -0.05) is 56.3 Å². The minimum absolute atomic E-state index is 0.0117. The van der Waals surface area contributed by atoms with Gasteiger partial charge >= 0.3 is 0 Å². The van der Waals surface area contributed by atoms with Crippen LogP contribution in [0.1, 0.15) is 39.2 Å². The van der Waals surface area contributed by atoms with Gasteiger partial charge in [0, 0.05) is 12.6 Å². The molecule has 0 saturated carbocycles. The van der Waals surface area contributed by atoms with E-state index in [-0.39, 0.29) is 36.8 Å². The number of hydrogen-bond acceptors (Lipinski definition) is 3. The molecule has 156 valence electrons. The van der Waals surface area contributed by atoms with E-state index in [1.165, 1.54) is 17.0 Å². The van der Waals surface area contributed by atoms with E-state index in [0.29, 0.717) is 6.42 Å². The van der Waals surface area contributed by atoms with Crippen molar-refractivity contribution in [3.8, 4) is 5.75 Å². The predicted octanol–water partition coefficient (Wildman–Crippen LogP) is 3.93. The van der Waals surface area contributed by atoms with Gasteiger partial charge < -0.3 is 15.0 Å². The Bertz CT molecular complexity index is 798. The zero-order chi connectivity index (χ0) is 21.2. The van der Waals surface area contributed by atoms with Crippen molar-refractivity contribution in [1.82, 2.24) is 10.2 Å². The Morgan fingerprint density at radius 3 is 2.31 bits per heavy atom. The van der Waals surface area contributed by atoms with Crippen molar-refractivity contribution in [2.45, 2.75) is 52.2 Å². The summed E-state index contributed by atoms with van der Waals surface area (Å²) in [5.74, 6) is -1.09. The van der Waals surface area contributed by atoms with E-state index >= 15 is 0 Å². The van der Waals surface area contributed by atoms with Gasteiger partial charge in [0.15, 0.2) is 18.2 Å². The monoisotopic (exact) mass is 400 g/mol. The third-order valence-corrected chi connectivity index (χ3v) is 4.77. The summed E-state index contributed by atoms with van der Waals surface area (Å²) in [4.78, 5) is 27.3. The molecule has 0 spiro atoms. The molecule has 2 aromatic carbocycles. The van der Waals surface area contributed by atoms with Crippen LogP contribution in [0.25, 0.3) is 0 Å². The maximum atomic E-state index is 13.8. The topological polar surface area (TPSA) is 58.6 Å². The summed E-state index contributed by atoms with van der Waals surface area (Å²) in [6.45, 7) is 5.70. The summed E-state index contributed by atoms with van der Waals surface area (Å²) in [5.41, 5.74) is 0.904. The Kier molecular flexibility index (Phi) is 8.65. The largest absolute Gasteiger partial charge is 0.481 e. The van der Waals surface area contributed by atoms with E-state index in [4.69, 9.17) is 4.74 Å². The fourth-order valence-corrected chi connectivity index (χ4v) is 2.92. The standard InChI is InChI=1S/C23H29FN2O3/c1-4-17(3)25-23(28)20(5-2)26(15-18-11-7-6-8-12-18)22(27)16-29-21-14-10-9-13-19(21)24/h6-14,17,20H,4-5,15-16H2,1-3H3,(H,25,28). The lowest BCUT2D eigenvalue weighted by Gasteiger charge is -2.31. The SMILES string of the molecule is CCC(C)NC(=O)C(CC)N(Cc1ccccc1)C(=O)COc1ccccc1F. The number of para-hydroxylation sites is 1. The molecule has 0 aliphatic heterocycles. The molecule has 2 amide bonds. The molecule has 2 atom stereocenters. The predicted molar refractivity (Wildman–Crippen MR) is 111 cm³/mol. The lowest BCUT2D eigenvalue weighted by molar-refractivity contribution is -0.143. The molecule has 2 rings (SSSR count). The van der Waals surface area contributed by atoms with Crippen molar-refractivity contribution in [2.24, 2.45) is 0 Å². The number of amides is 2. The lowest BCUT2D eigenvalue weighted by Crippen LogP contribution is -2.51. The molecule has 6 heteroatoms. The van der Waals surface area contributed by atoms with Crippen LogP contribution in [-0.4, -0.2) is 35.4 Å². The van der Waals surface area contributed by atoms with Gasteiger partial charge in [0.25, 0.3) is 5.91 Å². The number of carbonyl (C=O) groups excluding carboxylic acids is 2. The van der Waals surface area contributed by atoms with Gasteiger partial charge in [-0.3, -0.25) is 9.59 Å². The van der Waals surface area contributed by atoms with Gasteiger partial charge in [-0.05, 0) is 37.5 Å². The number of ether oxygens (including phenoxy) is 1. The first kappa shape index (κ1) is 22.4. The number of benzene rings is 2. The van der Waals surface area contributed by atoms with Gasteiger partial charge in [-0.15, -0.1) is 0 Å². The number of halogens is 1. The first-order valence-corrected chi connectivity index (χ1v) is 9.97. The molecule has 0 aliphatic rings. The Morgan fingerprint density at radius 2 is 1.69 bits per heavy atom. The number of nitrogens with one attached hydrogen (secondary N) is 1. The minimum Gasteiger partial charge on any atom is -0.481 e. The lowest BCUT2D eigenvalue weighted by atomic mass is 10.1. The molecule has 0 saturated heterocycles. The van der Waals surface area contributed by atoms with Crippen LogP contribution in [0.4, 0.5) is 4.39 Å². The van der Waals surface area contributed by atoms with Crippen molar-refractivity contribution in [2.75, 3.05) is 6.61 Å². The van der Waals surface area contributed by atoms with Crippen molar-refractivity contribution in [3.63, 3.8) is 0 Å². The number of carbonyl (C=O) groups is 2. The molecular formula is C23H29FN2O3. The van der Waals surface area contributed by atoms with Crippen molar-refractivity contribution in [1.29, 1.82) is 0 Å². The van der Waals surface area contributed by atoms with Crippen LogP contribution in [0.5, 0.6) is 5.75 Å². The van der Waals surface area contributed by atoms with Crippen LogP contribution in [-0.2, 0) is 16.1 Å². The zero-order valence-electron chi connectivity index (χ0n) is 17.2. The van der Waals surface area contributed by atoms with Gasteiger partial charge in [0.2, 0.25) is 5.91 Å². The number of rotatable bonds is 10. The van der Waals surface area contributed by atoms with Crippen molar-refractivity contribution in [3.05, 3.63) is 66.0 Å². The highest BCUT2D eigenvalue weighted by Gasteiger charge is 2.29. The van der Waals surface area contributed by atoms with Crippen LogP contribution in [0.2, 0.25) is 0 Å². The highest BCUT2D eigenvalue weighted by molar-refractivity contribution is 5.88. The maximum absolute atomic E-state index is 13.8. The third-order valence-electron chi connectivity index (χ3n) is 4.77. The molecule has 0 heterocycles. The summed E-state index contributed by atoms with van der Waals surface area (Å²) in [6.07, 6.45) is 1.26. The van der Waals surface area contributed by atoms with E-state index in [2.05, 4.69) is 5.32 Å². The van der Waals surface area contributed by atoms with Crippen LogP contribution in [0, 0.1) is 5.82 Å². The third kappa shape index (κ3) is 6.59. The Hall–Kier alpha value is -2.89. The molecule has 0 aromatic heterocycles. The smallest absolute Gasteiger partial charge is 0.261 e. The van der Waals surface area contributed by atoms with Crippen molar-refractivity contribution >= 4 is 11.8 Å². The number of nitrogens with zero attached hydrogens (tertiary/aromatic N) is 1. The summed E-state index contributed by atoms with van der Waals surface area (Å²) < 4.78 is 19.2. The molecule has 5 nitrogen and oxygen atoms in total. The van der Waals surface area contributed by atoms with E-state index in [1.54, 1.807) is 12.1 Å². The zero-order valence-corrected chi connectivity index (χ0v) is 17.2. The van der Waals surface area contributed by atoms with Gasteiger partial charge in [-0.2, -0.15) is 0 Å². The molecule has 2 unspecified atom stereocenters. The molecule has 2 aromatic rings. The quantitative estimate of drug-likeness (QED) is 0.657.